The van der Waals surface area contributed by atoms with Gasteiger partial charge in [-0.3, -0.25) is 4.90 Å². The van der Waals surface area contributed by atoms with Crippen molar-refractivity contribution in [3.63, 3.8) is 0 Å². The van der Waals surface area contributed by atoms with E-state index in [2.05, 4.69) is 66.7 Å². The third-order valence-electron chi connectivity index (χ3n) is 6.49. The Bertz CT molecular complexity index is 546. The minimum absolute atomic E-state index is 0.308. The summed E-state index contributed by atoms with van der Waals surface area (Å²) in [5.74, 6) is 1.51. The van der Waals surface area contributed by atoms with Crippen molar-refractivity contribution >= 4 is 0 Å². The third-order valence-corrected chi connectivity index (χ3v) is 6.49. The van der Waals surface area contributed by atoms with E-state index in [1.165, 1.54) is 50.0 Å². The van der Waals surface area contributed by atoms with E-state index >= 15 is 0 Å². The molecule has 30 heavy (non-hydrogen) atoms. The van der Waals surface area contributed by atoms with Crippen LogP contribution in [-0.4, -0.2) is 78.8 Å². The lowest BCUT2D eigenvalue weighted by molar-refractivity contribution is 0.120. The van der Waals surface area contributed by atoms with Crippen molar-refractivity contribution in [1.29, 1.82) is 0 Å². The largest absolute Gasteiger partial charge is 0.396 e. The summed E-state index contributed by atoms with van der Waals surface area (Å²) in [6, 6.07) is 9.17. The molecule has 4 nitrogen and oxygen atoms in total. The lowest BCUT2D eigenvalue weighted by Crippen LogP contribution is -2.46. The van der Waals surface area contributed by atoms with E-state index in [-0.39, 0.29) is 0 Å². The van der Waals surface area contributed by atoms with Gasteiger partial charge in [0, 0.05) is 52.4 Å². The van der Waals surface area contributed by atoms with Crippen LogP contribution in [0.5, 0.6) is 0 Å². The molecule has 1 unspecified atom stereocenters. The number of likely N-dealkylation sites (tertiary alicyclic amines) is 1. The molecule has 0 spiro atoms. The molecule has 0 aliphatic carbocycles. The highest BCUT2D eigenvalue weighted by Gasteiger charge is 2.16. The van der Waals surface area contributed by atoms with Crippen molar-refractivity contribution in [2.75, 3.05) is 59.0 Å². The number of aliphatic hydroxyl groups is 1. The van der Waals surface area contributed by atoms with Crippen molar-refractivity contribution in [2.45, 2.75) is 65.8 Å². The molecule has 0 amide bonds. The molecule has 2 aliphatic heterocycles. The number of piperazine rings is 1. The van der Waals surface area contributed by atoms with Crippen LogP contribution in [0.2, 0.25) is 0 Å². The van der Waals surface area contributed by atoms with Gasteiger partial charge in [0.2, 0.25) is 0 Å². The van der Waals surface area contributed by atoms with Gasteiger partial charge in [0.25, 0.3) is 0 Å². The third kappa shape index (κ3) is 9.47. The summed E-state index contributed by atoms with van der Waals surface area (Å²) < 4.78 is 0. The second kappa shape index (κ2) is 14.2. The Balaban J connectivity index is 0.000000297. The summed E-state index contributed by atoms with van der Waals surface area (Å²) in [5, 5.41) is 8.89. The summed E-state index contributed by atoms with van der Waals surface area (Å²) in [5.41, 5.74) is 2.88. The zero-order valence-electron chi connectivity index (χ0n) is 20.2. The zero-order valence-corrected chi connectivity index (χ0v) is 20.2. The Morgan fingerprint density at radius 1 is 0.833 bits per heavy atom. The highest BCUT2D eigenvalue weighted by atomic mass is 16.3. The predicted octanol–water partition coefficient (Wildman–Crippen LogP) is 4.44. The SMILES string of the molecule is CC(C)CN1CCCC1.CCC(C)c1ccc(CN2CCN(CCCO)CC2)cc1. The average Bonchev–Trinajstić information content (AvgIpc) is 3.26. The zero-order chi connectivity index (χ0) is 21.8. The number of aliphatic hydroxyl groups excluding tert-OH is 1. The second-order valence-electron chi connectivity index (χ2n) is 9.65. The molecule has 0 radical (unpaired) electrons. The van der Waals surface area contributed by atoms with Gasteiger partial charge >= 0.3 is 0 Å². The van der Waals surface area contributed by atoms with E-state index in [4.69, 9.17) is 5.11 Å². The Kier molecular flexibility index (Phi) is 12.0. The van der Waals surface area contributed by atoms with Gasteiger partial charge in [0.05, 0.1) is 0 Å². The molecule has 1 aromatic rings. The smallest absolute Gasteiger partial charge is 0.0443 e. The minimum Gasteiger partial charge on any atom is -0.396 e. The van der Waals surface area contributed by atoms with E-state index < -0.39 is 0 Å². The molecule has 1 N–H and O–H groups in total. The molecule has 2 saturated heterocycles. The molecule has 0 bridgehead atoms. The Morgan fingerprint density at radius 2 is 1.43 bits per heavy atom. The number of hydrogen-bond acceptors (Lipinski definition) is 4. The maximum atomic E-state index is 8.89. The predicted molar refractivity (Wildman–Crippen MR) is 129 cm³/mol. The fourth-order valence-corrected chi connectivity index (χ4v) is 4.39. The summed E-state index contributed by atoms with van der Waals surface area (Å²) in [7, 11) is 0. The van der Waals surface area contributed by atoms with Crippen LogP contribution in [0.4, 0.5) is 0 Å². The molecule has 1 aromatic carbocycles. The van der Waals surface area contributed by atoms with Gasteiger partial charge in [-0.15, -0.1) is 0 Å². The van der Waals surface area contributed by atoms with Crippen LogP contribution >= 0.6 is 0 Å². The van der Waals surface area contributed by atoms with E-state index in [0.29, 0.717) is 12.5 Å². The van der Waals surface area contributed by atoms with Crippen molar-refractivity contribution in [3.8, 4) is 0 Å². The van der Waals surface area contributed by atoms with Gasteiger partial charge in [-0.05, 0) is 61.7 Å². The molecule has 172 valence electrons. The molecule has 0 aromatic heterocycles. The normalized spacial score (nSPS) is 19.7. The fourth-order valence-electron chi connectivity index (χ4n) is 4.39. The maximum Gasteiger partial charge on any atom is 0.0443 e. The van der Waals surface area contributed by atoms with Gasteiger partial charge < -0.3 is 14.9 Å². The van der Waals surface area contributed by atoms with Crippen LogP contribution in [0.3, 0.4) is 0 Å². The van der Waals surface area contributed by atoms with E-state index in [1.54, 1.807) is 0 Å². The van der Waals surface area contributed by atoms with Crippen molar-refractivity contribution in [3.05, 3.63) is 35.4 Å². The second-order valence-corrected chi connectivity index (χ2v) is 9.65. The highest BCUT2D eigenvalue weighted by Crippen LogP contribution is 2.19. The van der Waals surface area contributed by atoms with Crippen LogP contribution < -0.4 is 0 Å². The standard InChI is InChI=1S/C18H30N2O.C8H17N/c1-3-16(2)18-7-5-17(6-8-18)15-20-12-10-19(11-13-20)9-4-14-21;1-8(2)7-9-5-3-4-6-9/h5-8,16,21H,3-4,9-15H2,1-2H3;8H,3-7H2,1-2H3. The highest BCUT2D eigenvalue weighted by molar-refractivity contribution is 5.25. The Morgan fingerprint density at radius 3 is 1.97 bits per heavy atom. The van der Waals surface area contributed by atoms with Gasteiger partial charge in [0.1, 0.15) is 0 Å². The van der Waals surface area contributed by atoms with E-state index in [9.17, 15) is 0 Å². The monoisotopic (exact) mass is 417 g/mol. The molecular formula is C26H47N3O. The van der Waals surface area contributed by atoms with Crippen LogP contribution in [0.1, 0.15) is 70.4 Å². The van der Waals surface area contributed by atoms with Crippen molar-refractivity contribution in [1.82, 2.24) is 14.7 Å². The molecule has 1 atom stereocenters. The number of hydrogen-bond donors (Lipinski definition) is 1. The first-order chi connectivity index (χ1) is 14.5. The first-order valence-electron chi connectivity index (χ1n) is 12.4. The maximum absolute atomic E-state index is 8.89. The number of nitrogens with zero attached hydrogens (tertiary/aromatic N) is 3. The van der Waals surface area contributed by atoms with Gasteiger partial charge in [-0.2, -0.15) is 0 Å². The van der Waals surface area contributed by atoms with E-state index in [1.807, 2.05) is 0 Å². The fraction of sp³-hybridized carbons (Fsp3) is 0.769. The molecule has 2 fully saturated rings. The molecule has 0 saturated carbocycles. The summed E-state index contributed by atoms with van der Waals surface area (Å²) >= 11 is 0. The van der Waals surface area contributed by atoms with Crippen LogP contribution in [0.15, 0.2) is 24.3 Å². The lowest BCUT2D eigenvalue weighted by Gasteiger charge is -2.34. The van der Waals surface area contributed by atoms with Crippen LogP contribution in [0.25, 0.3) is 0 Å². The molecule has 3 rings (SSSR count). The van der Waals surface area contributed by atoms with Crippen LogP contribution in [0, 0.1) is 5.92 Å². The molecule has 2 heterocycles. The van der Waals surface area contributed by atoms with Gasteiger partial charge in [0.15, 0.2) is 0 Å². The number of benzene rings is 1. The number of rotatable bonds is 9. The van der Waals surface area contributed by atoms with Crippen LogP contribution in [-0.2, 0) is 6.54 Å². The molecular weight excluding hydrogens is 370 g/mol. The summed E-state index contributed by atoms with van der Waals surface area (Å²) in [6.07, 6.45) is 4.95. The van der Waals surface area contributed by atoms with E-state index in [0.717, 1.165) is 51.6 Å². The molecule has 4 heteroatoms. The summed E-state index contributed by atoms with van der Waals surface area (Å²) in [6.45, 7) is 20.1. The Hall–Kier alpha value is -0.940. The summed E-state index contributed by atoms with van der Waals surface area (Å²) in [4.78, 5) is 7.55. The van der Waals surface area contributed by atoms with Gasteiger partial charge in [-0.1, -0.05) is 52.0 Å². The van der Waals surface area contributed by atoms with Crippen molar-refractivity contribution < 1.29 is 5.11 Å². The Labute approximate surface area is 186 Å². The topological polar surface area (TPSA) is 30.0 Å². The minimum atomic E-state index is 0.308. The average molecular weight is 418 g/mol. The lowest BCUT2D eigenvalue weighted by atomic mass is 9.97. The first-order valence-corrected chi connectivity index (χ1v) is 12.4. The quantitative estimate of drug-likeness (QED) is 0.643. The van der Waals surface area contributed by atoms with Crippen molar-refractivity contribution in [2.24, 2.45) is 5.92 Å². The first kappa shape index (κ1) is 25.3. The van der Waals surface area contributed by atoms with Gasteiger partial charge in [-0.25, -0.2) is 0 Å². The molecule has 2 aliphatic rings.